The maximum atomic E-state index is 3.99. The molecule has 0 saturated heterocycles. The van der Waals surface area contributed by atoms with Crippen molar-refractivity contribution in [2.75, 3.05) is 0 Å². The Balaban J connectivity index is 2.45. The van der Waals surface area contributed by atoms with Gasteiger partial charge in [-0.25, -0.2) is 0 Å². The summed E-state index contributed by atoms with van der Waals surface area (Å²) in [6.45, 7) is 4.07. The molecule has 0 fully saturated rings. The van der Waals surface area contributed by atoms with Crippen molar-refractivity contribution in [1.29, 1.82) is 0 Å². The van der Waals surface area contributed by atoms with Crippen LogP contribution in [0.3, 0.4) is 0 Å². The fourth-order valence-electron chi connectivity index (χ4n) is 1.04. The summed E-state index contributed by atoms with van der Waals surface area (Å²) in [5.74, 6) is 0.531. The molecule has 1 aliphatic rings. The zero-order valence-corrected chi connectivity index (χ0v) is 6.99. The van der Waals surface area contributed by atoms with Gasteiger partial charge in [0.05, 0.1) is 6.04 Å². The lowest BCUT2D eigenvalue weighted by atomic mass is 9.98. The molecule has 1 aliphatic carbocycles. The zero-order chi connectivity index (χ0) is 8.10. The number of nitrogens with one attached hydrogen (secondary N) is 1. The highest BCUT2D eigenvalue weighted by Crippen LogP contribution is 2.10. The maximum absolute atomic E-state index is 3.99. The van der Waals surface area contributed by atoms with E-state index >= 15 is 0 Å². The predicted molar refractivity (Wildman–Crippen MR) is 48.5 cm³/mol. The summed E-state index contributed by atoms with van der Waals surface area (Å²) < 4.78 is 0. The Kier molecular flexibility index (Phi) is 2.90. The van der Waals surface area contributed by atoms with E-state index in [0.717, 1.165) is 0 Å². The summed E-state index contributed by atoms with van der Waals surface area (Å²) in [7, 11) is 0. The van der Waals surface area contributed by atoms with E-state index in [0.29, 0.717) is 12.0 Å². The number of hydrazone groups is 1. The Labute approximate surface area is 67.7 Å². The predicted octanol–water partition coefficient (Wildman–Crippen LogP) is 1.71. The van der Waals surface area contributed by atoms with Gasteiger partial charge >= 0.3 is 0 Å². The van der Waals surface area contributed by atoms with Crippen LogP contribution in [0.1, 0.15) is 13.8 Å². The second-order valence-corrected chi connectivity index (χ2v) is 2.67. The van der Waals surface area contributed by atoms with Gasteiger partial charge in [0.25, 0.3) is 0 Å². The third-order valence-electron chi connectivity index (χ3n) is 1.76. The van der Waals surface area contributed by atoms with E-state index in [4.69, 9.17) is 0 Å². The van der Waals surface area contributed by atoms with Crippen molar-refractivity contribution < 1.29 is 0 Å². The summed E-state index contributed by atoms with van der Waals surface area (Å²) in [6.07, 6.45) is 10.2. The smallest absolute Gasteiger partial charge is 0.0683 e. The van der Waals surface area contributed by atoms with Gasteiger partial charge in [0.1, 0.15) is 0 Å². The highest BCUT2D eigenvalue weighted by molar-refractivity contribution is 5.52. The molecule has 60 valence electrons. The molecule has 0 bridgehead atoms. The van der Waals surface area contributed by atoms with E-state index in [9.17, 15) is 0 Å². The Morgan fingerprint density at radius 1 is 1.36 bits per heavy atom. The van der Waals surface area contributed by atoms with Crippen LogP contribution in [0.15, 0.2) is 29.4 Å². The molecule has 0 aliphatic heterocycles. The van der Waals surface area contributed by atoms with Gasteiger partial charge in [-0.05, 0) is 12.8 Å². The summed E-state index contributed by atoms with van der Waals surface area (Å²) in [6, 6.07) is 0.358. The molecule has 0 aromatic heterocycles. The van der Waals surface area contributed by atoms with Gasteiger partial charge in [-0.3, -0.25) is 0 Å². The standard InChI is InChI=1S/C9H14N2/c1-3-10-11-9-7-5-4-6-8(9)2/h3-9,11H,1-2H3. The number of nitrogens with zero attached hydrogens (tertiary/aromatic N) is 1. The minimum atomic E-state index is 0.358. The Morgan fingerprint density at radius 2 is 2.09 bits per heavy atom. The molecule has 0 aromatic rings. The first kappa shape index (κ1) is 8.05. The quantitative estimate of drug-likeness (QED) is 0.470. The summed E-state index contributed by atoms with van der Waals surface area (Å²) in [4.78, 5) is 0. The van der Waals surface area contributed by atoms with Crippen LogP contribution in [0.5, 0.6) is 0 Å². The lowest BCUT2D eigenvalue weighted by Gasteiger charge is -2.19. The van der Waals surface area contributed by atoms with Gasteiger partial charge in [-0.2, -0.15) is 5.10 Å². The van der Waals surface area contributed by atoms with Crippen LogP contribution in [0, 0.1) is 5.92 Å². The molecule has 0 spiro atoms. The highest BCUT2D eigenvalue weighted by Gasteiger charge is 2.11. The number of hydrogen-bond acceptors (Lipinski definition) is 2. The lowest BCUT2D eigenvalue weighted by molar-refractivity contribution is 0.513. The first-order valence-electron chi connectivity index (χ1n) is 3.93. The largest absolute Gasteiger partial charge is 0.303 e. The second kappa shape index (κ2) is 3.96. The zero-order valence-electron chi connectivity index (χ0n) is 6.99. The third-order valence-corrected chi connectivity index (χ3v) is 1.76. The van der Waals surface area contributed by atoms with Crippen LogP contribution in [0.25, 0.3) is 0 Å². The molecule has 0 saturated carbocycles. The van der Waals surface area contributed by atoms with Crippen molar-refractivity contribution in [3.63, 3.8) is 0 Å². The Bertz CT molecular complexity index is 192. The molecule has 0 amide bonds. The van der Waals surface area contributed by atoms with Gasteiger partial charge in [-0.15, -0.1) is 0 Å². The molecule has 1 rings (SSSR count). The Morgan fingerprint density at radius 3 is 2.73 bits per heavy atom. The van der Waals surface area contributed by atoms with Gasteiger partial charge in [0.15, 0.2) is 0 Å². The molecule has 11 heavy (non-hydrogen) atoms. The van der Waals surface area contributed by atoms with Crippen LogP contribution >= 0.6 is 0 Å². The van der Waals surface area contributed by atoms with Crippen molar-refractivity contribution in [1.82, 2.24) is 5.43 Å². The van der Waals surface area contributed by atoms with Crippen LogP contribution in [-0.4, -0.2) is 12.3 Å². The van der Waals surface area contributed by atoms with E-state index < -0.39 is 0 Å². The van der Waals surface area contributed by atoms with Gasteiger partial charge < -0.3 is 5.43 Å². The van der Waals surface area contributed by atoms with Crippen LogP contribution in [-0.2, 0) is 0 Å². The average Bonchev–Trinajstić information content (AvgIpc) is 2.03. The average molecular weight is 150 g/mol. The van der Waals surface area contributed by atoms with E-state index in [-0.39, 0.29) is 0 Å². The number of rotatable bonds is 2. The molecule has 2 heteroatoms. The lowest BCUT2D eigenvalue weighted by Crippen LogP contribution is -2.29. The maximum Gasteiger partial charge on any atom is 0.0683 e. The minimum absolute atomic E-state index is 0.358. The van der Waals surface area contributed by atoms with Crippen LogP contribution < -0.4 is 5.43 Å². The summed E-state index contributed by atoms with van der Waals surface area (Å²) in [5, 5.41) is 3.99. The van der Waals surface area contributed by atoms with E-state index in [2.05, 4.69) is 35.7 Å². The number of allylic oxidation sites excluding steroid dienone is 2. The van der Waals surface area contributed by atoms with E-state index in [1.54, 1.807) is 6.21 Å². The first-order chi connectivity index (χ1) is 5.34. The SMILES string of the molecule is CC=NNC1C=CC=CC1C. The van der Waals surface area contributed by atoms with Crippen molar-refractivity contribution >= 4 is 6.21 Å². The molecular weight excluding hydrogens is 136 g/mol. The van der Waals surface area contributed by atoms with Crippen molar-refractivity contribution in [3.8, 4) is 0 Å². The molecular formula is C9H14N2. The van der Waals surface area contributed by atoms with E-state index in [1.807, 2.05) is 13.0 Å². The molecule has 0 heterocycles. The van der Waals surface area contributed by atoms with Crippen molar-refractivity contribution in [2.45, 2.75) is 19.9 Å². The molecule has 0 aromatic carbocycles. The molecule has 2 unspecified atom stereocenters. The summed E-state index contributed by atoms with van der Waals surface area (Å²) in [5.41, 5.74) is 3.05. The highest BCUT2D eigenvalue weighted by atomic mass is 15.3. The topological polar surface area (TPSA) is 24.4 Å². The fourth-order valence-corrected chi connectivity index (χ4v) is 1.04. The van der Waals surface area contributed by atoms with Gasteiger partial charge in [0.2, 0.25) is 0 Å². The van der Waals surface area contributed by atoms with Crippen molar-refractivity contribution in [2.24, 2.45) is 11.0 Å². The van der Waals surface area contributed by atoms with Gasteiger partial charge in [0, 0.05) is 6.21 Å². The molecule has 0 radical (unpaired) electrons. The van der Waals surface area contributed by atoms with E-state index in [1.165, 1.54) is 0 Å². The number of hydrogen-bond donors (Lipinski definition) is 1. The molecule has 2 nitrogen and oxygen atoms in total. The monoisotopic (exact) mass is 150 g/mol. The van der Waals surface area contributed by atoms with Crippen molar-refractivity contribution in [3.05, 3.63) is 24.3 Å². The molecule has 2 atom stereocenters. The fraction of sp³-hybridized carbons (Fsp3) is 0.444. The van der Waals surface area contributed by atoms with Crippen LogP contribution in [0.2, 0.25) is 0 Å². The molecule has 1 N–H and O–H groups in total. The third kappa shape index (κ3) is 2.22. The second-order valence-electron chi connectivity index (χ2n) is 2.67. The minimum Gasteiger partial charge on any atom is -0.303 e. The van der Waals surface area contributed by atoms with Gasteiger partial charge in [-0.1, -0.05) is 31.2 Å². The summed E-state index contributed by atoms with van der Waals surface area (Å²) >= 11 is 0. The normalized spacial score (nSPS) is 29.6. The first-order valence-corrected chi connectivity index (χ1v) is 3.93. The van der Waals surface area contributed by atoms with Crippen LogP contribution in [0.4, 0.5) is 0 Å². The Hall–Kier alpha value is -1.05.